The molecule has 6 heteroatoms. The third-order valence-electron chi connectivity index (χ3n) is 7.20. The van der Waals surface area contributed by atoms with E-state index in [2.05, 4.69) is 35.2 Å². The molecule has 0 unspecified atom stereocenters. The van der Waals surface area contributed by atoms with E-state index in [0.717, 1.165) is 36.3 Å². The Balaban J connectivity index is 1.30. The van der Waals surface area contributed by atoms with Crippen LogP contribution in [-0.2, 0) is 17.7 Å². The van der Waals surface area contributed by atoms with Gasteiger partial charge in [-0.2, -0.15) is 0 Å². The summed E-state index contributed by atoms with van der Waals surface area (Å²) in [6.07, 6.45) is 4.31. The molecule has 0 radical (unpaired) electrons. The highest BCUT2D eigenvalue weighted by atomic mass is 16.5. The third-order valence-corrected chi connectivity index (χ3v) is 7.20. The Kier molecular flexibility index (Phi) is 9.29. The molecule has 1 fully saturated rings. The monoisotopic (exact) mass is 514 g/mol. The number of hydrogen-bond acceptors (Lipinski definition) is 5. The molecule has 2 aliphatic rings. The number of carbonyl (C=O) groups is 1. The van der Waals surface area contributed by atoms with Crippen LogP contribution in [0.2, 0.25) is 0 Å². The fraction of sp³-hybridized carbons (Fsp3) is 0.406. The van der Waals surface area contributed by atoms with E-state index in [-0.39, 0.29) is 5.91 Å². The van der Waals surface area contributed by atoms with E-state index < -0.39 is 0 Å². The molecule has 38 heavy (non-hydrogen) atoms. The standard InChI is InChI=1S/C32H38N2O4/c35-32(29-12-2-4-14-31(29)37-19-8-17-33-15-5-6-16-33)34-18-20-36-21-22-38-30-13-3-1-11-28(30)24-26-9-7-10-27(23-26)25-34/h1-4,7,9-14,23H,5-6,8,15-22,24-25H2. The predicted molar refractivity (Wildman–Crippen MR) is 149 cm³/mol. The lowest BCUT2D eigenvalue weighted by atomic mass is 10.0. The summed E-state index contributed by atoms with van der Waals surface area (Å²) >= 11 is 0. The summed E-state index contributed by atoms with van der Waals surface area (Å²) in [5.41, 5.74) is 4.03. The molecule has 2 bridgehead atoms. The van der Waals surface area contributed by atoms with Gasteiger partial charge in [-0.15, -0.1) is 0 Å². The largest absolute Gasteiger partial charge is 0.493 e. The van der Waals surface area contributed by atoms with Gasteiger partial charge in [0.15, 0.2) is 0 Å². The smallest absolute Gasteiger partial charge is 0.257 e. The quantitative estimate of drug-likeness (QED) is 0.424. The zero-order chi connectivity index (χ0) is 26.0. The molecule has 0 spiro atoms. The molecule has 0 aromatic heterocycles. The molecule has 2 heterocycles. The molecule has 1 amide bonds. The number of amides is 1. The first-order valence-electron chi connectivity index (χ1n) is 13.9. The summed E-state index contributed by atoms with van der Waals surface area (Å²) in [7, 11) is 0. The van der Waals surface area contributed by atoms with Crippen molar-refractivity contribution in [1.82, 2.24) is 9.80 Å². The molecule has 0 atom stereocenters. The maximum Gasteiger partial charge on any atom is 0.257 e. The highest BCUT2D eigenvalue weighted by Crippen LogP contribution is 2.24. The molecule has 2 aliphatic heterocycles. The number of rotatable bonds is 6. The molecular weight excluding hydrogens is 476 g/mol. The molecule has 6 nitrogen and oxygen atoms in total. The van der Waals surface area contributed by atoms with Gasteiger partial charge in [-0.3, -0.25) is 4.79 Å². The lowest BCUT2D eigenvalue weighted by molar-refractivity contribution is 0.0568. The van der Waals surface area contributed by atoms with Gasteiger partial charge in [0.25, 0.3) is 5.91 Å². The summed E-state index contributed by atoms with van der Waals surface area (Å²) in [6, 6.07) is 24.2. The van der Waals surface area contributed by atoms with E-state index in [4.69, 9.17) is 14.2 Å². The fourth-order valence-corrected chi connectivity index (χ4v) is 5.22. The van der Waals surface area contributed by atoms with E-state index in [1.807, 2.05) is 47.4 Å². The van der Waals surface area contributed by atoms with Crippen molar-refractivity contribution >= 4 is 5.91 Å². The van der Waals surface area contributed by atoms with Gasteiger partial charge in [0.2, 0.25) is 0 Å². The normalized spacial score (nSPS) is 16.8. The van der Waals surface area contributed by atoms with Crippen molar-refractivity contribution in [2.24, 2.45) is 0 Å². The lowest BCUT2D eigenvalue weighted by Crippen LogP contribution is -2.34. The average Bonchev–Trinajstić information content (AvgIpc) is 3.46. The van der Waals surface area contributed by atoms with Gasteiger partial charge in [-0.1, -0.05) is 54.6 Å². The number of para-hydroxylation sites is 2. The SMILES string of the molecule is O=C(c1ccccc1OCCCN1CCCC1)N1CCOCCOc2ccccc2Cc2cccc(c2)C1. The van der Waals surface area contributed by atoms with Gasteiger partial charge in [0.05, 0.1) is 25.4 Å². The second kappa shape index (κ2) is 13.4. The highest BCUT2D eigenvalue weighted by molar-refractivity contribution is 5.97. The van der Waals surface area contributed by atoms with Crippen LogP contribution >= 0.6 is 0 Å². The number of nitrogens with zero attached hydrogens (tertiary/aromatic N) is 2. The van der Waals surface area contributed by atoms with Crippen molar-refractivity contribution in [3.63, 3.8) is 0 Å². The molecule has 5 rings (SSSR count). The van der Waals surface area contributed by atoms with Crippen molar-refractivity contribution in [3.8, 4) is 11.5 Å². The average molecular weight is 515 g/mol. The van der Waals surface area contributed by atoms with Crippen LogP contribution in [0.1, 0.15) is 46.3 Å². The van der Waals surface area contributed by atoms with Crippen molar-refractivity contribution in [3.05, 3.63) is 95.1 Å². The first kappa shape index (κ1) is 26.3. The van der Waals surface area contributed by atoms with E-state index in [9.17, 15) is 4.79 Å². The summed E-state index contributed by atoms with van der Waals surface area (Å²) in [4.78, 5) is 18.2. The van der Waals surface area contributed by atoms with Crippen LogP contribution in [0.5, 0.6) is 11.5 Å². The second-order valence-electron chi connectivity index (χ2n) is 10.0. The third kappa shape index (κ3) is 7.15. The van der Waals surface area contributed by atoms with Crippen LogP contribution in [-0.4, -0.2) is 68.3 Å². The number of carbonyl (C=O) groups excluding carboxylic acids is 1. The van der Waals surface area contributed by atoms with Crippen LogP contribution in [0, 0.1) is 0 Å². The topological polar surface area (TPSA) is 51.2 Å². The molecule has 3 aromatic carbocycles. The van der Waals surface area contributed by atoms with Gasteiger partial charge < -0.3 is 24.0 Å². The van der Waals surface area contributed by atoms with Crippen molar-refractivity contribution in [1.29, 1.82) is 0 Å². The van der Waals surface area contributed by atoms with Crippen LogP contribution in [0.4, 0.5) is 0 Å². The molecule has 200 valence electrons. The maximum atomic E-state index is 13.8. The van der Waals surface area contributed by atoms with Crippen LogP contribution in [0.3, 0.4) is 0 Å². The lowest BCUT2D eigenvalue weighted by Gasteiger charge is -2.25. The maximum absolute atomic E-state index is 13.8. The Morgan fingerprint density at radius 2 is 1.66 bits per heavy atom. The van der Waals surface area contributed by atoms with Gasteiger partial charge in [-0.25, -0.2) is 0 Å². The Morgan fingerprint density at radius 1 is 0.842 bits per heavy atom. The Morgan fingerprint density at radius 3 is 2.58 bits per heavy atom. The Bertz CT molecular complexity index is 1190. The van der Waals surface area contributed by atoms with Gasteiger partial charge in [-0.05, 0) is 67.2 Å². The van der Waals surface area contributed by atoms with E-state index >= 15 is 0 Å². The zero-order valence-corrected chi connectivity index (χ0v) is 22.1. The minimum Gasteiger partial charge on any atom is -0.493 e. The van der Waals surface area contributed by atoms with Gasteiger partial charge in [0, 0.05) is 26.1 Å². The second-order valence-corrected chi connectivity index (χ2v) is 10.0. The van der Waals surface area contributed by atoms with Gasteiger partial charge in [0.1, 0.15) is 18.1 Å². The Labute approximate surface area is 226 Å². The first-order valence-corrected chi connectivity index (χ1v) is 13.9. The minimum absolute atomic E-state index is 0.0390. The minimum atomic E-state index is -0.0390. The molecule has 0 saturated carbocycles. The first-order chi connectivity index (χ1) is 18.8. The molecular formula is C32H38N2O4. The number of likely N-dealkylation sites (tertiary alicyclic amines) is 1. The van der Waals surface area contributed by atoms with Crippen LogP contribution in [0.15, 0.2) is 72.8 Å². The van der Waals surface area contributed by atoms with E-state index in [1.54, 1.807) is 0 Å². The van der Waals surface area contributed by atoms with Crippen LogP contribution < -0.4 is 9.47 Å². The van der Waals surface area contributed by atoms with Gasteiger partial charge >= 0.3 is 0 Å². The van der Waals surface area contributed by atoms with E-state index in [0.29, 0.717) is 50.8 Å². The Hall–Kier alpha value is -3.35. The van der Waals surface area contributed by atoms with Crippen LogP contribution in [0.25, 0.3) is 0 Å². The molecule has 0 N–H and O–H groups in total. The molecule has 1 saturated heterocycles. The van der Waals surface area contributed by atoms with Crippen molar-refractivity contribution < 1.29 is 19.0 Å². The fourth-order valence-electron chi connectivity index (χ4n) is 5.22. The molecule has 3 aromatic rings. The number of ether oxygens (including phenoxy) is 3. The van der Waals surface area contributed by atoms with Crippen molar-refractivity contribution in [2.75, 3.05) is 52.6 Å². The highest BCUT2D eigenvalue weighted by Gasteiger charge is 2.21. The summed E-state index contributed by atoms with van der Waals surface area (Å²) in [5, 5.41) is 0. The predicted octanol–water partition coefficient (Wildman–Crippen LogP) is 5.19. The van der Waals surface area contributed by atoms with E-state index in [1.165, 1.54) is 31.5 Å². The zero-order valence-electron chi connectivity index (χ0n) is 22.1. The number of fused-ring (bicyclic) bond motifs is 3. The summed E-state index contributed by atoms with van der Waals surface area (Å²) < 4.78 is 18.0. The van der Waals surface area contributed by atoms with Crippen molar-refractivity contribution in [2.45, 2.75) is 32.2 Å². The summed E-state index contributed by atoms with van der Waals surface area (Å²) in [6.45, 7) is 6.41. The number of hydrogen-bond donors (Lipinski definition) is 0. The number of benzene rings is 3. The molecule has 0 aliphatic carbocycles. The summed E-state index contributed by atoms with van der Waals surface area (Å²) in [5.74, 6) is 1.51.